The minimum atomic E-state index is -4.28. The van der Waals surface area contributed by atoms with Gasteiger partial charge in [-0.25, -0.2) is 0 Å². The topological polar surface area (TPSA) is 21.3 Å². The predicted molar refractivity (Wildman–Crippen MR) is 55.0 cm³/mol. The van der Waals surface area contributed by atoms with Gasteiger partial charge in [0.15, 0.2) is 0 Å². The lowest BCUT2D eigenvalue weighted by atomic mass is 10.0. The van der Waals surface area contributed by atoms with Crippen molar-refractivity contribution in [1.82, 2.24) is 5.32 Å². The molecule has 90 valence electrons. The first-order valence-corrected chi connectivity index (χ1v) is 4.80. The van der Waals surface area contributed by atoms with Crippen molar-refractivity contribution in [2.45, 2.75) is 18.8 Å². The number of hydrogen-bond acceptors (Lipinski definition) is 2. The molecule has 1 aromatic carbocycles. The van der Waals surface area contributed by atoms with Crippen LogP contribution in [0.4, 0.5) is 13.2 Å². The van der Waals surface area contributed by atoms with Crippen LogP contribution < -0.4 is 5.32 Å². The molecule has 0 saturated heterocycles. The van der Waals surface area contributed by atoms with Crippen LogP contribution in [-0.2, 0) is 11.3 Å². The van der Waals surface area contributed by atoms with E-state index in [0.717, 1.165) is 5.56 Å². The van der Waals surface area contributed by atoms with Crippen LogP contribution in [0.25, 0.3) is 0 Å². The Morgan fingerprint density at radius 1 is 1.25 bits per heavy atom. The fraction of sp³-hybridized carbons (Fsp3) is 0.455. The van der Waals surface area contributed by atoms with Crippen molar-refractivity contribution in [3.05, 3.63) is 35.4 Å². The molecule has 0 radical (unpaired) electrons. The zero-order valence-electron chi connectivity index (χ0n) is 9.14. The third-order valence-corrected chi connectivity index (χ3v) is 2.24. The van der Waals surface area contributed by atoms with Crippen LogP contribution in [0.1, 0.15) is 17.2 Å². The van der Waals surface area contributed by atoms with Crippen LogP contribution in [0.5, 0.6) is 0 Å². The molecule has 0 aromatic heterocycles. The van der Waals surface area contributed by atoms with Gasteiger partial charge in [0.05, 0.1) is 6.61 Å². The van der Waals surface area contributed by atoms with E-state index in [1.807, 2.05) is 0 Å². The molecule has 0 bridgehead atoms. The molecule has 0 amide bonds. The Kier molecular flexibility index (Phi) is 4.32. The van der Waals surface area contributed by atoms with Gasteiger partial charge in [0, 0.05) is 7.11 Å². The van der Waals surface area contributed by atoms with Gasteiger partial charge in [0.1, 0.15) is 6.04 Å². The first kappa shape index (κ1) is 13.0. The molecule has 2 nitrogen and oxygen atoms in total. The molecular weight excluding hydrogens is 219 g/mol. The summed E-state index contributed by atoms with van der Waals surface area (Å²) in [6.07, 6.45) is -4.28. The van der Waals surface area contributed by atoms with E-state index >= 15 is 0 Å². The molecule has 1 rings (SSSR count). The summed E-state index contributed by atoms with van der Waals surface area (Å²) < 4.78 is 42.6. The molecule has 0 heterocycles. The second-order valence-electron chi connectivity index (χ2n) is 3.44. The molecule has 5 heteroatoms. The number of nitrogens with one attached hydrogen (secondary N) is 1. The first-order chi connectivity index (χ1) is 7.49. The van der Waals surface area contributed by atoms with Crippen molar-refractivity contribution in [2.75, 3.05) is 14.2 Å². The van der Waals surface area contributed by atoms with Crippen LogP contribution >= 0.6 is 0 Å². The number of alkyl halides is 3. The zero-order chi connectivity index (χ0) is 12.2. The van der Waals surface area contributed by atoms with Crippen molar-refractivity contribution < 1.29 is 17.9 Å². The van der Waals surface area contributed by atoms with Crippen LogP contribution in [0.3, 0.4) is 0 Å². The summed E-state index contributed by atoms with van der Waals surface area (Å²) in [5, 5.41) is 2.25. The van der Waals surface area contributed by atoms with E-state index in [1.54, 1.807) is 19.2 Å². The Hall–Kier alpha value is -1.07. The van der Waals surface area contributed by atoms with Crippen molar-refractivity contribution >= 4 is 0 Å². The molecule has 0 aliphatic carbocycles. The first-order valence-electron chi connectivity index (χ1n) is 4.80. The van der Waals surface area contributed by atoms with Gasteiger partial charge < -0.3 is 10.1 Å². The number of halogens is 3. The van der Waals surface area contributed by atoms with Gasteiger partial charge in [0.2, 0.25) is 0 Å². The highest BCUT2D eigenvalue weighted by molar-refractivity contribution is 5.25. The predicted octanol–water partition coefficient (Wildman–Crippen LogP) is 2.66. The van der Waals surface area contributed by atoms with E-state index < -0.39 is 12.2 Å². The minimum absolute atomic E-state index is 0.204. The lowest BCUT2D eigenvalue weighted by Crippen LogP contribution is -2.31. The molecule has 1 atom stereocenters. The number of hydrogen-bond donors (Lipinski definition) is 1. The Morgan fingerprint density at radius 2 is 1.81 bits per heavy atom. The lowest BCUT2D eigenvalue weighted by molar-refractivity contribution is -0.156. The fourth-order valence-corrected chi connectivity index (χ4v) is 1.49. The monoisotopic (exact) mass is 233 g/mol. The number of rotatable bonds is 4. The van der Waals surface area contributed by atoms with Crippen molar-refractivity contribution in [2.24, 2.45) is 0 Å². The highest BCUT2D eigenvalue weighted by atomic mass is 19.4. The molecule has 1 unspecified atom stereocenters. The average molecular weight is 233 g/mol. The largest absolute Gasteiger partial charge is 0.407 e. The summed E-state index contributed by atoms with van der Waals surface area (Å²) in [7, 11) is 2.83. The highest BCUT2D eigenvalue weighted by Gasteiger charge is 2.39. The standard InChI is InChI=1S/C11H14F3NO/c1-15-10(11(12,13)14)9-5-3-8(4-6-9)7-16-2/h3-6,10,15H,7H2,1-2H3. The van der Waals surface area contributed by atoms with Gasteiger partial charge in [-0.3, -0.25) is 0 Å². The summed E-state index contributed by atoms with van der Waals surface area (Å²) in [5.41, 5.74) is 1.05. The number of methoxy groups -OCH3 is 1. The lowest BCUT2D eigenvalue weighted by Gasteiger charge is -2.20. The molecule has 0 fully saturated rings. The highest BCUT2D eigenvalue weighted by Crippen LogP contribution is 2.32. The Balaban J connectivity index is 2.87. The zero-order valence-corrected chi connectivity index (χ0v) is 9.14. The average Bonchev–Trinajstić information content (AvgIpc) is 2.20. The summed E-state index contributed by atoms with van der Waals surface area (Å²) in [6, 6.07) is 4.57. The molecule has 16 heavy (non-hydrogen) atoms. The molecular formula is C11H14F3NO. The van der Waals surface area contributed by atoms with Gasteiger partial charge >= 0.3 is 6.18 Å². The maximum atomic E-state index is 12.6. The second-order valence-corrected chi connectivity index (χ2v) is 3.44. The van der Waals surface area contributed by atoms with Gasteiger partial charge in [0.25, 0.3) is 0 Å². The molecule has 1 aromatic rings. The van der Waals surface area contributed by atoms with Crippen LogP contribution in [-0.4, -0.2) is 20.3 Å². The van der Waals surface area contributed by atoms with Gasteiger partial charge in [-0.05, 0) is 18.2 Å². The van der Waals surface area contributed by atoms with Gasteiger partial charge in [-0.1, -0.05) is 24.3 Å². The third-order valence-electron chi connectivity index (χ3n) is 2.24. The van der Waals surface area contributed by atoms with Crippen LogP contribution in [0.2, 0.25) is 0 Å². The van der Waals surface area contributed by atoms with Crippen LogP contribution in [0.15, 0.2) is 24.3 Å². The Bertz CT molecular complexity index is 321. The van der Waals surface area contributed by atoms with E-state index in [1.165, 1.54) is 19.2 Å². The van der Waals surface area contributed by atoms with Crippen LogP contribution in [0, 0.1) is 0 Å². The minimum Gasteiger partial charge on any atom is -0.380 e. The van der Waals surface area contributed by atoms with Crippen molar-refractivity contribution in [1.29, 1.82) is 0 Å². The summed E-state index contributed by atoms with van der Waals surface area (Å²) in [6.45, 7) is 0.399. The summed E-state index contributed by atoms with van der Waals surface area (Å²) in [5.74, 6) is 0. The van der Waals surface area contributed by atoms with Gasteiger partial charge in [-0.2, -0.15) is 13.2 Å². The molecule has 1 N–H and O–H groups in total. The third kappa shape index (κ3) is 3.21. The number of ether oxygens (including phenoxy) is 1. The molecule has 0 aliphatic heterocycles. The maximum Gasteiger partial charge on any atom is 0.407 e. The van der Waals surface area contributed by atoms with E-state index in [4.69, 9.17) is 4.74 Å². The van der Waals surface area contributed by atoms with Gasteiger partial charge in [-0.15, -0.1) is 0 Å². The van der Waals surface area contributed by atoms with Crippen molar-refractivity contribution in [3.63, 3.8) is 0 Å². The Morgan fingerprint density at radius 3 is 2.19 bits per heavy atom. The SMILES string of the molecule is CNC(c1ccc(COC)cc1)C(F)(F)F. The van der Waals surface area contributed by atoms with Crippen molar-refractivity contribution in [3.8, 4) is 0 Å². The summed E-state index contributed by atoms with van der Waals surface area (Å²) >= 11 is 0. The molecule has 0 saturated carbocycles. The van der Waals surface area contributed by atoms with E-state index in [0.29, 0.717) is 6.61 Å². The quantitative estimate of drug-likeness (QED) is 0.863. The number of benzene rings is 1. The summed E-state index contributed by atoms with van der Waals surface area (Å²) in [4.78, 5) is 0. The smallest absolute Gasteiger partial charge is 0.380 e. The normalized spacial score (nSPS) is 13.8. The molecule has 0 spiro atoms. The Labute approximate surface area is 92.4 Å². The van der Waals surface area contributed by atoms with E-state index in [9.17, 15) is 13.2 Å². The fourth-order valence-electron chi connectivity index (χ4n) is 1.49. The second kappa shape index (κ2) is 5.32. The van der Waals surface area contributed by atoms with E-state index in [2.05, 4.69) is 5.32 Å². The molecule has 0 aliphatic rings. The maximum absolute atomic E-state index is 12.6. The van der Waals surface area contributed by atoms with E-state index in [-0.39, 0.29) is 5.56 Å².